The standard InChI is InChI=1S/C28H23BrN2O4/c1-18(33)19-10-12-20(13-11-19)28(34)30-25-8-3-4-9-26(25)31(17-32)16-23-21-6-5-7-24(29)22(21)14-15-27(23)35-2/h3-15,17H,16H2,1-2H3,(H,30,34). The highest BCUT2D eigenvalue weighted by Gasteiger charge is 2.18. The number of anilines is 2. The second-order valence-electron chi connectivity index (χ2n) is 7.92. The molecule has 176 valence electrons. The zero-order valence-corrected chi connectivity index (χ0v) is 20.8. The van der Waals surface area contributed by atoms with Gasteiger partial charge < -0.3 is 15.0 Å². The minimum atomic E-state index is -0.343. The zero-order valence-electron chi connectivity index (χ0n) is 19.2. The molecule has 0 bridgehead atoms. The summed E-state index contributed by atoms with van der Waals surface area (Å²) in [6.45, 7) is 1.71. The normalized spacial score (nSPS) is 10.6. The molecule has 0 heterocycles. The molecule has 0 aromatic heterocycles. The molecule has 7 heteroatoms. The number of ketones is 1. The molecule has 2 amide bonds. The summed E-state index contributed by atoms with van der Waals surface area (Å²) in [5.41, 5.74) is 2.82. The summed E-state index contributed by atoms with van der Waals surface area (Å²) in [5.74, 6) is 0.249. The number of rotatable bonds is 8. The Morgan fingerprint density at radius 1 is 0.914 bits per heavy atom. The number of carbonyl (C=O) groups is 3. The molecule has 0 atom stereocenters. The van der Waals surface area contributed by atoms with E-state index in [1.165, 1.54) is 11.8 Å². The van der Waals surface area contributed by atoms with E-state index < -0.39 is 0 Å². The van der Waals surface area contributed by atoms with E-state index in [9.17, 15) is 14.4 Å². The Labute approximate surface area is 211 Å². The first-order chi connectivity index (χ1) is 16.9. The van der Waals surface area contributed by atoms with Crippen LogP contribution in [-0.2, 0) is 11.3 Å². The van der Waals surface area contributed by atoms with Gasteiger partial charge in [-0.15, -0.1) is 0 Å². The van der Waals surface area contributed by atoms with Crippen LogP contribution in [0.15, 0.2) is 83.3 Å². The number of hydrogen-bond donors (Lipinski definition) is 1. The molecule has 0 unspecified atom stereocenters. The molecule has 0 saturated carbocycles. The Morgan fingerprint density at radius 2 is 1.63 bits per heavy atom. The number of amides is 2. The van der Waals surface area contributed by atoms with Crippen LogP contribution in [0, 0.1) is 0 Å². The van der Waals surface area contributed by atoms with Crippen molar-refractivity contribution in [3.8, 4) is 5.75 Å². The molecule has 0 aliphatic heterocycles. The summed E-state index contributed by atoms with van der Waals surface area (Å²) in [6.07, 6.45) is 0.739. The van der Waals surface area contributed by atoms with Crippen molar-refractivity contribution in [2.45, 2.75) is 13.5 Å². The van der Waals surface area contributed by atoms with E-state index in [1.54, 1.807) is 55.6 Å². The first-order valence-corrected chi connectivity index (χ1v) is 11.7. The van der Waals surface area contributed by atoms with Crippen LogP contribution in [0.1, 0.15) is 33.2 Å². The van der Waals surface area contributed by atoms with Crippen LogP contribution in [-0.4, -0.2) is 25.2 Å². The van der Waals surface area contributed by atoms with Crippen LogP contribution in [0.3, 0.4) is 0 Å². The number of ether oxygens (including phenoxy) is 1. The Bertz CT molecular complexity index is 1420. The second-order valence-corrected chi connectivity index (χ2v) is 8.77. The van der Waals surface area contributed by atoms with Crippen LogP contribution in [0.5, 0.6) is 5.75 Å². The van der Waals surface area contributed by atoms with Crippen molar-refractivity contribution < 1.29 is 19.1 Å². The van der Waals surface area contributed by atoms with E-state index in [0.717, 1.165) is 27.2 Å². The fourth-order valence-corrected chi connectivity index (χ4v) is 4.44. The van der Waals surface area contributed by atoms with Gasteiger partial charge in [-0.25, -0.2) is 0 Å². The van der Waals surface area contributed by atoms with Gasteiger partial charge in [0, 0.05) is 21.2 Å². The van der Waals surface area contributed by atoms with E-state index in [2.05, 4.69) is 21.2 Å². The molecule has 4 rings (SSSR count). The first-order valence-electron chi connectivity index (χ1n) is 10.9. The van der Waals surface area contributed by atoms with E-state index in [4.69, 9.17) is 4.74 Å². The minimum Gasteiger partial charge on any atom is -0.496 e. The molecule has 35 heavy (non-hydrogen) atoms. The average Bonchev–Trinajstić information content (AvgIpc) is 2.88. The van der Waals surface area contributed by atoms with Gasteiger partial charge in [-0.3, -0.25) is 14.4 Å². The number of carbonyl (C=O) groups excluding carboxylic acids is 3. The largest absolute Gasteiger partial charge is 0.496 e. The maximum Gasteiger partial charge on any atom is 0.255 e. The van der Waals surface area contributed by atoms with Crippen LogP contribution in [0.4, 0.5) is 11.4 Å². The van der Waals surface area contributed by atoms with Gasteiger partial charge in [-0.05, 0) is 60.2 Å². The number of fused-ring (bicyclic) bond motifs is 1. The van der Waals surface area contributed by atoms with Crippen molar-refractivity contribution in [1.82, 2.24) is 0 Å². The maximum absolute atomic E-state index is 12.9. The molecule has 0 aliphatic rings. The smallest absolute Gasteiger partial charge is 0.255 e. The molecule has 0 saturated heterocycles. The molecule has 0 spiro atoms. The van der Waals surface area contributed by atoms with Crippen LogP contribution in [0.2, 0.25) is 0 Å². The van der Waals surface area contributed by atoms with E-state index in [0.29, 0.717) is 28.3 Å². The Balaban J connectivity index is 1.67. The van der Waals surface area contributed by atoms with Gasteiger partial charge in [0.15, 0.2) is 5.78 Å². The summed E-state index contributed by atoms with van der Waals surface area (Å²) in [5, 5.41) is 4.85. The average molecular weight is 531 g/mol. The zero-order chi connectivity index (χ0) is 24.9. The Kier molecular flexibility index (Phi) is 7.27. The second kappa shape index (κ2) is 10.5. The molecular weight excluding hydrogens is 508 g/mol. The highest BCUT2D eigenvalue weighted by molar-refractivity contribution is 9.10. The van der Waals surface area contributed by atoms with Gasteiger partial charge >= 0.3 is 0 Å². The third-order valence-electron chi connectivity index (χ3n) is 5.77. The molecule has 4 aromatic rings. The molecule has 1 N–H and O–H groups in total. The number of methoxy groups -OCH3 is 1. The quantitative estimate of drug-likeness (QED) is 0.216. The lowest BCUT2D eigenvalue weighted by molar-refractivity contribution is -0.107. The molecule has 0 radical (unpaired) electrons. The van der Waals surface area contributed by atoms with Crippen LogP contribution in [0.25, 0.3) is 10.8 Å². The fraction of sp³-hybridized carbons (Fsp3) is 0.107. The number of nitrogens with one attached hydrogen (secondary N) is 1. The van der Waals surface area contributed by atoms with Gasteiger partial charge in [-0.2, -0.15) is 0 Å². The topological polar surface area (TPSA) is 75.7 Å². The van der Waals surface area contributed by atoms with Gasteiger partial charge in [0.05, 0.1) is 25.0 Å². The van der Waals surface area contributed by atoms with Crippen molar-refractivity contribution in [2.75, 3.05) is 17.3 Å². The molecular formula is C28H23BrN2O4. The Morgan fingerprint density at radius 3 is 2.31 bits per heavy atom. The minimum absolute atomic E-state index is 0.0696. The number of Topliss-reactive ketones (excluding diaryl/α,β-unsaturated/α-hetero) is 1. The van der Waals surface area contributed by atoms with Crippen LogP contribution < -0.4 is 15.0 Å². The monoisotopic (exact) mass is 530 g/mol. The van der Waals surface area contributed by atoms with E-state index in [1.807, 2.05) is 30.3 Å². The maximum atomic E-state index is 12.9. The number of benzene rings is 4. The predicted octanol–water partition coefficient (Wildman–Crippen LogP) is 6.23. The lowest BCUT2D eigenvalue weighted by atomic mass is 10.0. The summed E-state index contributed by atoms with van der Waals surface area (Å²) in [6, 6.07) is 23.3. The van der Waals surface area contributed by atoms with Crippen molar-refractivity contribution >= 4 is 56.2 Å². The predicted molar refractivity (Wildman–Crippen MR) is 141 cm³/mol. The van der Waals surface area contributed by atoms with Gasteiger partial charge in [0.1, 0.15) is 5.75 Å². The van der Waals surface area contributed by atoms with E-state index in [-0.39, 0.29) is 18.2 Å². The Hall–Kier alpha value is -3.97. The third kappa shape index (κ3) is 5.10. The number of halogens is 1. The summed E-state index contributed by atoms with van der Waals surface area (Å²) in [7, 11) is 1.60. The van der Waals surface area contributed by atoms with Crippen LogP contribution >= 0.6 is 15.9 Å². The third-order valence-corrected chi connectivity index (χ3v) is 6.46. The summed E-state index contributed by atoms with van der Waals surface area (Å²) >= 11 is 3.59. The van der Waals surface area contributed by atoms with E-state index >= 15 is 0 Å². The molecule has 0 fully saturated rings. The summed E-state index contributed by atoms with van der Waals surface area (Å²) in [4.78, 5) is 38.2. The number of hydrogen-bond acceptors (Lipinski definition) is 4. The van der Waals surface area contributed by atoms with Crippen molar-refractivity contribution in [2.24, 2.45) is 0 Å². The lowest BCUT2D eigenvalue weighted by Crippen LogP contribution is -2.23. The molecule has 0 aliphatic carbocycles. The summed E-state index contributed by atoms with van der Waals surface area (Å²) < 4.78 is 6.55. The number of para-hydroxylation sites is 2. The highest BCUT2D eigenvalue weighted by atomic mass is 79.9. The first kappa shape index (κ1) is 24.2. The number of nitrogens with zero attached hydrogens (tertiary/aromatic N) is 1. The van der Waals surface area contributed by atoms with Crippen molar-refractivity contribution in [3.63, 3.8) is 0 Å². The van der Waals surface area contributed by atoms with Gasteiger partial charge in [0.25, 0.3) is 5.91 Å². The van der Waals surface area contributed by atoms with Gasteiger partial charge in [-0.1, -0.05) is 52.3 Å². The van der Waals surface area contributed by atoms with Crippen molar-refractivity contribution in [3.05, 3.63) is 100 Å². The fourth-order valence-electron chi connectivity index (χ4n) is 3.95. The lowest BCUT2D eigenvalue weighted by Gasteiger charge is -2.23. The molecule has 4 aromatic carbocycles. The van der Waals surface area contributed by atoms with Gasteiger partial charge in [0.2, 0.25) is 6.41 Å². The van der Waals surface area contributed by atoms with Crippen molar-refractivity contribution in [1.29, 1.82) is 0 Å². The SMILES string of the molecule is COc1ccc2c(Br)cccc2c1CN(C=O)c1ccccc1NC(=O)c1ccc(C(C)=O)cc1. The molecule has 6 nitrogen and oxygen atoms in total. The highest BCUT2D eigenvalue weighted by Crippen LogP contribution is 2.35.